The number of nitrogens with zero attached hydrogens (tertiary/aromatic N) is 6. The van der Waals surface area contributed by atoms with Gasteiger partial charge in [-0.05, 0) is 25.0 Å². The SMILES string of the molecule is Cn1c(Cn2ccnc2)nnc1C1CCCN(C(=O)c2c(F)cccc2F)C1. The van der Waals surface area contributed by atoms with Crippen molar-refractivity contribution in [3.05, 3.63) is 65.8 Å². The molecule has 28 heavy (non-hydrogen) atoms. The number of hydrogen-bond donors (Lipinski definition) is 0. The molecule has 3 heterocycles. The van der Waals surface area contributed by atoms with Crippen molar-refractivity contribution in [2.45, 2.75) is 25.3 Å². The molecule has 0 N–H and O–H groups in total. The van der Waals surface area contributed by atoms with E-state index in [1.807, 2.05) is 22.4 Å². The van der Waals surface area contributed by atoms with E-state index in [4.69, 9.17) is 0 Å². The van der Waals surface area contributed by atoms with Crippen molar-refractivity contribution < 1.29 is 13.6 Å². The second kappa shape index (κ2) is 7.49. The molecule has 7 nitrogen and oxygen atoms in total. The highest BCUT2D eigenvalue weighted by Crippen LogP contribution is 2.27. The van der Waals surface area contributed by atoms with Gasteiger partial charge in [-0.1, -0.05) is 6.07 Å². The number of amides is 1. The van der Waals surface area contributed by atoms with Crippen molar-refractivity contribution >= 4 is 5.91 Å². The number of carbonyl (C=O) groups excluding carboxylic acids is 1. The van der Waals surface area contributed by atoms with E-state index >= 15 is 0 Å². The summed E-state index contributed by atoms with van der Waals surface area (Å²) in [7, 11) is 1.89. The Balaban J connectivity index is 1.53. The first-order valence-electron chi connectivity index (χ1n) is 9.11. The third-order valence-electron chi connectivity index (χ3n) is 5.13. The molecule has 0 saturated carbocycles. The molecule has 3 aromatic rings. The summed E-state index contributed by atoms with van der Waals surface area (Å²) in [6.07, 6.45) is 6.82. The number of imidazole rings is 1. The van der Waals surface area contributed by atoms with E-state index in [2.05, 4.69) is 15.2 Å². The van der Waals surface area contributed by atoms with Crippen LogP contribution in [-0.4, -0.2) is 48.2 Å². The van der Waals surface area contributed by atoms with E-state index in [1.54, 1.807) is 12.5 Å². The second-order valence-electron chi connectivity index (χ2n) is 6.96. The van der Waals surface area contributed by atoms with Gasteiger partial charge in [0.25, 0.3) is 5.91 Å². The van der Waals surface area contributed by atoms with Crippen molar-refractivity contribution in [1.82, 2.24) is 29.2 Å². The average molecular weight is 386 g/mol. The van der Waals surface area contributed by atoms with Gasteiger partial charge < -0.3 is 14.0 Å². The minimum absolute atomic E-state index is 0.0402. The van der Waals surface area contributed by atoms with Crippen molar-refractivity contribution in [3.63, 3.8) is 0 Å². The van der Waals surface area contributed by atoms with Gasteiger partial charge in [0.15, 0.2) is 5.82 Å². The van der Waals surface area contributed by atoms with Crippen LogP contribution in [0.2, 0.25) is 0 Å². The normalized spacial score (nSPS) is 17.1. The van der Waals surface area contributed by atoms with Crippen molar-refractivity contribution in [1.29, 1.82) is 0 Å². The molecule has 1 aliphatic rings. The monoisotopic (exact) mass is 386 g/mol. The highest BCUT2D eigenvalue weighted by Gasteiger charge is 2.31. The Morgan fingerprint density at radius 1 is 1.25 bits per heavy atom. The Kier molecular flexibility index (Phi) is 4.89. The van der Waals surface area contributed by atoms with Crippen LogP contribution in [0.15, 0.2) is 36.9 Å². The number of benzene rings is 1. The molecule has 1 amide bonds. The highest BCUT2D eigenvalue weighted by atomic mass is 19.1. The van der Waals surface area contributed by atoms with Crippen LogP contribution in [0.5, 0.6) is 0 Å². The molecule has 2 aromatic heterocycles. The van der Waals surface area contributed by atoms with Gasteiger partial charge in [0.1, 0.15) is 23.0 Å². The standard InChI is InChI=1S/C19H20F2N6O/c1-25-16(11-26-9-7-22-12-26)23-24-18(25)13-4-3-8-27(10-13)19(28)17-14(20)5-2-6-15(17)21/h2,5-7,9,12-13H,3-4,8,10-11H2,1H3. The Morgan fingerprint density at radius 3 is 2.75 bits per heavy atom. The quantitative estimate of drug-likeness (QED) is 0.690. The zero-order valence-electron chi connectivity index (χ0n) is 15.4. The van der Waals surface area contributed by atoms with Gasteiger partial charge in [-0.3, -0.25) is 4.79 Å². The van der Waals surface area contributed by atoms with Crippen LogP contribution in [0.4, 0.5) is 8.78 Å². The fraction of sp³-hybridized carbons (Fsp3) is 0.368. The Morgan fingerprint density at radius 2 is 2.04 bits per heavy atom. The molecule has 0 spiro atoms. The summed E-state index contributed by atoms with van der Waals surface area (Å²) in [5, 5.41) is 8.58. The van der Waals surface area contributed by atoms with Crippen molar-refractivity contribution in [2.24, 2.45) is 7.05 Å². The van der Waals surface area contributed by atoms with Crippen molar-refractivity contribution in [3.8, 4) is 0 Å². The van der Waals surface area contributed by atoms with Crippen LogP contribution < -0.4 is 0 Å². The maximum absolute atomic E-state index is 14.0. The summed E-state index contributed by atoms with van der Waals surface area (Å²) in [5.41, 5.74) is -0.498. The molecule has 1 saturated heterocycles. The third-order valence-corrected chi connectivity index (χ3v) is 5.13. The minimum atomic E-state index is -0.839. The molecule has 1 aliphatic heterocycles. The summed E-state index contributed by atoms with van der Waals surface area (Å²) in [6, 6.07) is 3.45. The summed E-state index contributed by atoms with van der Waals surface area (Å²) >= 11 is 0. The maximum atomic E-state index is 14.0. The molecule has 1 fully saturated rings. The number of likely N-dealkylation sites (tertiary alicyclic amines) is 1. The molecular formula is C19H20F2N6O. The lowest BCUT2D eigenvalue weighted by Gasteiger charge is -2.32. The van der Waals surface area contributed by atoms with E-state index in [0.29, 0.717) is 19.6 Å². The first-order chi connectivity index (χ1) is 13.5. The van der Waals surface area contributed by atoms with Crippen LogP contribution in [-0.2, 0) is 13.6 Å². The average Bonchev–Trinajstić information content (AvgIpc) is 3.32. The zero-order chi connectivity index (χ0) is 19.7. The second-order valence-corrected chi connectivity index (χ2v) is 6.96. The summed E-state index contributed by atoms with van der Waals surface area (Å²) in [5.74, 6) is -0.803. The van der Waals surface area contributed by atoms with Gasteiger partial charge in [0.2, 0.25) is 0 Å². The number of aromatic nitrogens is 5. The largest absolute Gasteiger partial charge is 0.338 e. The van der Waals surface area contributed by atoms with E-state index < -0.39 is 23.1 Å². The van der Waals surface area contributed by atoms with E-state index in [9.17, 15) is 13.6 Å². The Bertz CT molecular complexity index is 964. The fourth-order valence-electron chi connectivity index (χ4n) is 3.64. The molecule has 1 unspecified atom stereocenters. The van der Waals surface area contributed by atoms with Crippen LogP contribution in [0, 0.1) is 11.6 Å². The van der Waals surface area contributed by atoms with Gasteiger partial charge in [0.05, 0.1) is 12.9 Å². The molecule has 0 radical (unpaired) electrons. The van der Waals surface area contributed by atoms with Crippen LogP contribution >= 0.6 is 0 Å². The molecule has 1 aromatic carbocycles. The number of carbonyl (C=O) groups is 1. The zero-order valence-corrected chi connectivity index (χ0v) is 15.4. The van der Waals surface area contributed by atoms with Crippen molar-refractivity contribution in [2.75, 3.05) is 13.1 Å². The minimum Gasteiger partial charge on any atom is -0.338 e. The lowest BCUT2D eigenvalue weighted by molar-refractivity contribution is 0.0693. The number of rotatable bonds is 4. The molecule has 4 rings (SSSR count). The summed E-state index contributed by atoms with van der Waals surface area (Å²) in [6.45, 7) is 1.35. The van der Waals surface area contributed by atoms with Crippen LogP contribution in [0.25, 0.3) is 0 Å². The van der Waals surface area contributed by atoms with E-state index in [-0.39, 0.29) is 5.92 Å². The predicted octanol–water partition coefficient (Wildman–Crippen LogP) is 2.36. The molecular weight excluding hydrogens is 366 g/mol. The number of halogens is 2. The highest BCUT2D eigenvalue weighted by molar-refractivity contribution is 5.94. The first kappa shape index (κ1) is 18.3. The van der Waals surface area contributed by atoms with Gasteiger partial charge >= 0.3 is 0 Å². The number of piperidine rings is 1. The lowest BCUT2D eigenvalue weighted by Crippen LogP contribution is -2.40. The maximum Gasteiger partial charge on any atom is 0.259 e. The summed E-state index contributed by atoms with van der Waals surface area (Å²) < 4.78 is 31.8. The van der Waals surface area contributed by atoms with Crippen LogP contribution in [0.1, 0.15) is 40.8 Å². The molecule has 0 aliphatic carbocycles. The molecule has 1 atom stereocenters. The van der Waals surface area contributed by atoms with Gasteiger partial charge in [0, 0.05) is 38.4 Å². The number of hydrogen-bond acceptors (Lipinski definition) is 4. The Labute approximate surface area is 160 Å². The topological polar surface area (TPSA) is 68.8 Å². The van der Waals surface area contributed by atoms with E-state index in [0.717, 1.165) is 36.6 Å². The predicted molar refractivity (Wildman–Crippen MR) is 96.6 cm³/mol. The summed E-state index contributed by atoms with van der Waals surface area (Å²) in [4.78, 5) is 18.2. The lowest BCUT2D eigenvalue weighted by atomic mass is 9.96. The first-order valence-corrected chi connectivity index (χ1v) is 9.11. The fourth-order valence-corrected chi connectivity index (χ4v) is 3.64. The van der Waals surface area contributed by atoms with Gasteiger partial charge in [-0.2, -0.15) is 0 Å². The molecule has 0 bridgehead atoms. The van der Waals surface area contributed by atoms with Gasteiger partial charge in [-0.15, -0.1) is 10.2 Å². The molecule has 9 heteroatoms. The molecule has 146 valence electrons. The van der Waals surface area contributed by atoms with E-state index in [1.165, 1.54) is 11.0 Å². The van der Waals surface area contributed by atoms with Crippen LogP contribution in [0.3, 0.4) is 0 Å². The Hall–Kier alpha value is -3.10. The smallest absolute Gasteiger partial charge is 0.259 e. The third kappa shape index (κ3) is 3.39. The van der Waals surface area contributed by atoms with Gasteiger partial charge in [-0.25, -0.2) is 13.8 Å².